The molecule has 5 aromatic rings. The van der Waals surface area contributed by atoms with Gasteiger partial charge in [-0.2, -0.15) is 0 Å². The van der Waals surface area contributed by atoms with Gasteiger partial charge in [0.2, 0.25) is 0 Å². The van der Waals surface area contributed by atoms with Crippen LogP contribution in [0, 0.1) is 6.92 Å². The summed E-state index contributed by atoms with van der Waals surface area (Å²) in [4.78, 5) is 64.9. The zero-order chi connectivity index (χ0) is 53.3. The number of primary amides is 2. The van der Waals surface area contributed by atoms with E-state index in [0.29, 0.717) is 47.2 Å². The van der Waals surface area contributed by atoms with Gasteiger partial charge in [-0.05, 0) is 170 Å². The van der Waals surface area contributed by atoms with Crippen LogP contribution in [-0.4, -0.2) is 124 Å². The lowest BCUT2D eigenvalue weighted by Crippen LogP contribution is -2.48. The molecule has 4 aliphatic heterocycles. The predicted molar refractivity (Wildman–Crippen MR) is 305 cm³/mol. The molecule has 0 unspecified atom stereocenters. The van der Waals surface area contributed by atoms with E-state index in [1.807, 2.05) is 31.2 Å². The lowest BCUT2D eigenvalue weighted by molar-refractivity contribution is 0.0931. The van der Waals surface area contributed by atoms with Crippen LogP contribution >= 0.6 is 0 Å². The summed E-state index contributed by atoms with van der Waals surface area (Å²) in [7, 11) is 0. The monoisotopic (exact) mass is 1040 g/mol. The van der Waals surface area contributed by atoms with Gasteiger partial charge in [0.1, 0.15) is 11.6 Å². The van der Waals surface area contributed by atoms with Crippen molar-refractivity contribution in [2.45, 2.75) is 146 Å². The Kier molecular flexibility index (Phi) is 17.6. The summed E-state index contributed by atoms with van der Waals surface area (Å²) in [6.07, 6.45) is 22.9. The second-order valence-corrected chi connectivity index (χ2v) is 22.5. The Bertz CT molecular complexity index is 2780. The average molecular weight is 1050 g/mol. The fraction of sp³-hybridized carbons (Fsp3) is 0.517. The van der Waals surface area contributed by atoms with Gasteiger partial charge < -0.3 is 52.8 Å². The molecule has 77 heavy (non-hydrogen) atoms. The van der Waals surface area contributed by atoms with Gasteiger partial charge in [-0.15, -0.1) is 0 Å². The van der Waals surface area contributed by atoms with E-state index in [1.54, 1.807) is 12.4 Å². The molecule has 17 nitrogen and oxygen atoms in total. The van der Waals surface area contributed by atoms with E-state index in [2.05, 4.69) is 94.0 Å². The van der Waals surface area contributed by atoms with Crippen LogP contribution in [0.15, 0.2) is 85.2 Å². The van der Waals surface area contributed by atoms with Crippen LogP contribution in [0.2, 0.25) is 0 Å². The normalized spacial score (nSPS) is 21.3. The molecule has 6 aliphatic rings. The minimum Gasteiger partial charge on any atom is -0.364 e. The van der Waals surface area contributed by atoms with Crippen molar-refractivity contribution in [3.8, 4) is 0 Å². The molecule has 17 heteroatoms. The van der Waals surface area contributed by atoms with Gasteiger partial charge in [0, 0.05) is 67.3 Å². The highest BCUT2D eigenvalue weighted by molar-refractivity contribution is 5.97. The summed E-state index contributed by atoms with van der Waals surface area (Å²) in [5.74, 6) is 1.98. The van der Waals surface area contributed by atoms with Crippen molar-refractivity contribution in [1.82, 2.24) is 35.1 Å². The van der Waals surface area contributed by atoms with Gasteiger partial charge in [0.25, 0.3) is 17.7 Å². The van der Waals surface area contributed by atoms with Crippen LogP contribution in [0.25, 0.3) is 0 Å². The van der Waals surface area contributed by atoms with Crippen LogP contribution in [0.1, 0.15) is 163 Å². The molecule has 0 spiro atoms. The number of hydrogen-bond donors (Lipinski definition) is 6. The molecule has 408 valence electrons. The van der Waals surface area contributed by atoms with E-state index in [-0.39, 0.29) is 29.4 Å². The first kappa shape index (κ1) is 53.7. The first-order valence-electron chi connectivity index (χ1n) is 28.7. The lowest BCUT2D eigenvalue weighted by Gasteiger charge is -2.36. The van der Waals surface area contributed by atoms with Crippen molar-refractivity contribution in [2.24, 2.45) is 17.2 Å². The summed E-state index contributed by atoms with van der Waals surface area (Å²) in [6, 6.07) is 26.3. The SMILES string of the molecule is Cc1cccc(C(=O)N[C@@H]2CCCN(c3cnc(C(N)=O)c(Nc4ccc(C5CCN(C6CCCC6)CC5)cc4)n3)C2)c1.NC(=O)c1ncc(N2CCC[C@@H](N)C2)nc1Nc1ccc(C2CCN(C3CCCC3)CC2)cc1. The predicted octanol–water partition coefficient (Wildman–Crippen LogP) is 8.52. The highest BCUT2D eigenvalue weighted by atomic mass is 16.2. The molecular formula is C60H80N14O3. The molecule has 2 aromatic heterocycles. The van der Waals surface area contributed by atoms with Crippen molar-refractivity contribution in [3.05, 3.63) is 119 Å². The Hall–Kier alpha value is -6.69. The molecule has 9 N–H and O–H groups in total. The van der Waals surface area contributed by atoms with Gasteiger partial charge in [-0.25, -0.2) is 19.9 Å². The number of piperidine rings is 4. The molecule has 0 bridgehead atoms. The summed E-state index contributed by atoms with van der Waals surface area (Å²) >= 11 is 0. The third kappa shape index (κ3) is 13.7. The van der Waals surface area contributed by atoms with E-state index < -0.39 is 11.8 Å². The number of nitrogens with one attached hydrogen (secondary N) is 3. The van der Waals surface area contributed by atoms with Crippen LogP contribution in [0.5, 0.6) is 0 Å². The van der Waals surface area contributed by atoms with Crippen molar-refractivity contribution >= 4 is 52.4 Å². The minimum absolute atomic E-state index is 0.0200. The highest BCUT2D eigenvalue weighted by Gasteiger charge is 2.30. The number of carbonyl (C=O) groups excluding carboxylic acids is 3. The number of benzene rings is 3. The quantitative estimate of drug-likeness (QED) is 0.0613. The maximum Gasteiger partial charge on any atom is 0.271 e. The number of anilines is 6. The second-order valence-electron chi connectivity index (χ2n) is 22.5. The van der Waals surface area contributed by atoms with Gasteiger partial charge in [0.05, 0.1) is 12.4 Å². The zero-order valence-electron chi connectivity index (χ0n) is 45.1. The van der Waals surface area contributed by atoms with Crippen LogP contribution in [0.3, 0.4) is 0 Å². The van der Waals surface area contributed by atoms with E-state index in [1.165, 1.54) is 114 Å². The third-order valence-corrected chi connectivity index (χ3v) is 17.2. The van der Waals surface area contributed by atoms with Gasteiger partial charge in [-0.1, -0.05) is 67.6 Å². The molecule has 2 saturated carbocycles. The number of rotatable bonds is 14. The molecule has 6 heterocycles. The molecule has 2 atom stereocenters. The van der Waals surface area contributed by atoms with E-state index in [9.17, 15) is 14.4 Å². The standard InChI is InChI=1S/C34H43N7O2.C26H37N7O/c1-23-6-4-7-26(20-23)34(43)38-28-8-5-17-41(22-28)30-21-36-31(32(35)42)33(39-30)37-27-13-11-24(12-14-27)25-15-18-40(19-16-25)29-9-2-3-10-29;27-20-4-3-13-33(17-20)23-16-29-24(25(28)34)26(31-23)30-21-9-7-18(8-10-21)19-11-14-32(15-12-19)22-5-1-2-6-22/h4,6-7,11-14,20-21,25,28-29H,2-3,5,8-10,15-19,22H2,1H3,(H2,35,42)(H,37,39)(H,38,43);7-10,16,19-20,22H,1-6,11-15,17,27H2,(H2,28,34)(H,30,31)/t28-;20-/m11/s1. The van der Waals surface area contributed by atoms with Gasteiger partial charge in [-0.3, -0.25) is 14.4 Å². The molecule has 11 rings (SSSR count). The number of aryl methyl sites for hydroxylation is 1. The topological polar surface area (TPSA) is 230 Å². The van der Waals surface area contributed by atoms with Crippen molar-refractivity contribution in [2.75, 3.05) is 72.8 Å². The van der Waals surface area contributed by atoms with Crippen LogP contribution in [-0.2, 0) is 0 Å². The second kappa shape index (κ2) is 25.2. The zero-order valence-corrected chi connectivity index (χ0v) is 45.1. The number of nitrogens with zero attached hydrogens (tertiary/aromatic N) is 8. The third-order valence-electron chi connectivity index (χ3n) is 17.2. The minimum atomic E-state index is -0.630. The van der Waals surface area contributed by atoms with E-state index in [0.717, 1.165) is 74.3 Å². The Morgan fingerprint density at radius 3 is 1.47 bits per heavy atom. The molecule has 0 radical (unpaired) electrons. The van der Waals surface area contributed by atoms with Crippen LogP contribution < -0.4 is 43.0 Å². The first-order valence-corrected chi connectivity index (χ1v) is 28.7. The fourth-order valence-electron chi connectivity index (χ4n) is 12.9. The molecule has 2 aliphatic carbocycles. The fourth-order valence-corrected chi connectivity index (χ4v) is 12.9. The number of hydrogen-bond acceptors (Lipinski definition) is 14. The first-order chi connectivity index (χ1) is 37.5. The van der Waals surface area contributed by atoms with Crippen molar-refractivity contribution in [3.63, 3.8) is 0 Å². The van der Waals surface area contributed by atoms with Crippen molar-refractivity contribution in [1.29, 1.82) is 0 Å². The molecule has 4 saturated heterocycles. The lowest BCUT2D eigenvalue weighted by atomic mass is 9.88. The average Bonchev–Trinajstić information content (AvgIpc) is 4.21. The van der Waals surface area contributed by atoms with Gasteiger partial charge in [0.15, 0.2) is 23.0 Å². The number of aromatic nitrogens is 4. The Morgan fingerprint density at radius 2 is 1.01 bits per heavy atom. The van der Waals surface area contributed by atoms with Crippen molar-refractivity contribution < 1.29 is 14.4 Å². The number of nitrogens with two attached hydrogens (primary N) is 3. The number of likely N-dealkylation sites (tertiary alicyclic amines) is 2. The van der Waals surface area contributed by atoms with Gasteiger partial charge >= 0.3 is 0 Å². The number of carbonyl (C=O) groups is 3. The van der Waals surface area contributed by atoms with E-state index in [4.69, 9.17) is 27.2 Å². The smallest absolute Gasteiger partial charge is 0.271 e. The Balaban J connectivity index is 0.000000179. The largest absolute Gasteiger partial charge is 0.364 e. The maximum atomic E-state index is 12.9. The number of amides is 3. The molecule has 6 fully saturated rings. The summed E-state index contributed by atoms with van der Waals surface area (Å²) in [5.41, 5.74) is 23.8. The molecular weight excluding hydrogens is 965 g/mol. The molecule has 3 amide bonds. The summed E-state index contributed by atoms with van der Waals surface area (Å²) in [6.45, 7) is 9.78. The summed E-state index contributed by atoms with van der Waals surface area (Å²) < 4.78 is 0. The van der Waals surface area contributed by atoms with E-state index >= 15 is 0 Å². The molecule has 3 aromatic carbocycles. The highest BCUT2D eigenvalue weighted by Crippen LogP contribution is 2.36. The Labute approximate surface area is 454 Å². The van der Waals surface area contributed by atoms with Crippen LogP contribution in [0.4, 0.5) is 34.6 Å². The Morgan fingerprint density at radius 1 is 0.545 bits per heavy atom. The maximum absolute atomic E-state index is 12.9. The summed E-state index contributed by atoms with van der Waals surface area (Å²) in [5, 5.41) is 9.75.